The van der Waals surface area contributed by atoms with E-state index >= 15 is 0 Å². The molecule has 2 fully saturated rings. The molecule has 2 rings (SSSR count). The quantitative estimate of drug-likeness (QED) is 0.814. The van der Waals surface area contributed by atoms with Crippen LogP contribution in [0.3, 0.4) is 0 Å². The Hall–Kier alpha value is -0.120. The number of methoxy groups -OCH3 is 1. The second kappa shape index (κ2) is 6.36. The van der Waals surface area contributed by atoms with E-state index in [9.17, 15) is 0 Å². The van der Waals surface area contributed by atoms with Crippen LogP contribution < -0.4 is 5.32 Å². The van der Waals surface area contributed by atoms with E-state index in [-0.39, 0.29) is 0 Å². The van der Waals surface area contributed by atoms with Gasteiger partial charge in [0.15, 0.2) is 0 Å². The van der Waals surface area contributed by atoms with Crippen LogP contribution in [0.4, 0.5) is 0 Å². The molecule has 0 radical (unpaired) electrons. The van der Waals surface area contributed by atoms with Crippen molar-refractivity contribution in [3.05, 3.63) is 0 Å². The van der Waals surface area contributed by atoms with Crippen molar-refractivity contribution in [1.29, 1.82) is 0 Å². The SMILES string of the molecule is CCCC1(CN2CCC(C)C(OC)C2)CCCN1. The van der Waals surface area contributed by atoms with E-state index in [1.165, 1.54) is 51.7 Å². The normalized spacial score (nSPS) is 38.2. The predicted octanol–water partition coefficient (Wildman–Crippen LogP) is 2.27. The molecule has 18 heavy (non-hydrogen) atoms. The zero-order valence-electron chi connectivity index (χ0n) is 12.4. The molecule has 0 aromatic heterocycles. The van der Waals surface area contributed by atoms with Crippen LogP contribution in [0.1, 0.15) is 46.0 Å². The zero-order valence-corrected chi connectivity index (χ0v) is 12.4. The average molecular weight is 254 g/mol. The summed E-state index contributed by atoms with van der Waals surface area (Å²) in [4.78, 5) is 2.63. The Balaban J connectivity index is 1.91. The van der Waals surface area contributed by atoms with Crippen molar-refractivity contribution >= 4 is 0 Å². The van der Waals surface area contributed by atoms with Crippen molar-refractivity contribution in [3.8, 4) is 0 Å². The summed E-state index contributed by atoms with van der Waals surface area (Å²) in [7, 11) is 1.86. The summed E-state index contributed by atoms with van der Waals surface area (Å²) in [5.74, 6) is 0.713. The third-order valence-corrected chi connectivity index (χ3v) is 4.86. The summed E-state index contributed by atoms with van der Waals surface area (Å²) >= 11 is 0. The minimum Gasteiger partial charge on any atom is -0.380 e. The zero-order chi connectivity index (χ0) is 13.0. The highest BCUT2D eigenvalue weighted by Gasteiger charge is 2.36. The van der Waals surface area contributed by atoms with Gasteiger partial charge in [0, 0.05) is 25.7 Å². The van der Waals surface area contributed by atoms with Crippen LogP contribution in [-0.2, 0) is 4.74 Å². The van der Waals surface area contributed by atoms with Crippen LogP contribution in [0.2, 0.25) is 0 Å². The van der Waals surface area contributed by atoms with Crippen molar-refractivity contribution in [2.45, 2.75) is 57.6 Å². The summed E-state index contributed by atoms with van der Waals surface area (Å²) in [6.07, 6.45) is 7.00. The molecule has 3 heteroatoms. The molecule has 1 N–H and O–H groups in total. The van der Waals surface area contributed by atoms with Crippen LogP contribution in [0.5, 0.6) is 0 Å². The number of hydrogen-bond donors (Lipinski definition) is 1. The Morgan fingerprint density at radius 2 is 2.28 bits per heavy atom. The third kappa shape index (κ3) is 3.25. The topological polar surface area (TPSA) is 24.5 Å². The minimum absolute atomic E-state index is 0.396. The lowest BCUT2D eigenvalue weighted by atomic mass is 9.89. The Kier molecular flexibility index (Phi) is 5.05. The lowest BCUT2D eigenvalue weighted by Crippen LogP contribution is -2.54. The highest BCUT2D eigenvalue weighted by Crippen LogP contribution is 2.28. The molecule has 0 amide bonds. The monoisotopic (exact) mass is 254 g/mol. The molecule has 0 saturated carbocycles. The maximum Gasteiger partial charge on any atom is 0.0724 e. The molecule has 3 atom stereocenters. The van der Waals surface area contributed by atoms with Gasteiger partial charge in [0.05, 0.1) is 6.10 Å². The number of ether oxygens (including phenoxy) is 1. The molecule has 2 aliphatic heterocycles. The fraction of sp³-hybridized carbons (Fsp3) is 1.00. The Morgan fingerprint density at radius 1 is 1.44 bits per heavy atom. The van der Waals surface area contributed by atoms with Crippen LogP contribution in [-0.4, -0.2) is 49.8 Å². The third-order valence-electron chi connectivity index (χ3n) is 4.86. The van der Waals surface area contributed by atoms with E-state index in [1.54, 1.807) is 0 Å². The number of likely N-dealkylation sites (tertiary alicyclic amines) is 1. The first-order valence-corrected chi connectivity index (χ1v) is 7.69. The lowest BCUT2D eigenvalue weighted by Gasteiger charge is -2.41. The summed E-state index contributed by atoms with van der Waals surface area (Å²) in [6, 6.07) is 0. The van der Waals surface area contributed by atoms with E-state index in [0.29, 0.717) is 17.6 Å². The Labute approximate surface area is 112 Å². The molecule has 2 heterocycles. The highest BCUT2D eigenvalue weighted by atomic mass is 16.5. The van der Waals surface area contributed by atoms with E-state index < -0.39 is 0 Å². The molecular weight excluding hydrogens is 224 g/mol. The van der Waals surface area contributed by atoms with Gasteiger partial charge in [-0.05, 0) is 44.7 Å². The molecule has 0 spiro atoms. The summed E-state index contributed by atoms with van der Waals surface area (Å²) in [5, 5.41) is 3.78. The predicted molar refractivity (Wildman–Crippen MR) is 75.9 cm³/mol. The second-order valence-electron chi connectivity index (χ2n) is 6.34. The molecule has 0 aromatic rings. The van der Waals surface area contributed by atoms with Crippen molar-refractivity contribution in [3.63, 3.8) is 0 Å². The average Bonchev–Trinajstić information content (AvgIpc) is 2.81. The largest absolute Gasteiger partial charge is 0.380 e. The van der Waals surface area contributed by atoms with Crippen LogP contribution in [0.25, 0.3) is 0 Å². The van der Waals surface area contributed by atoms with E-state index in [0.717, 1.165) is 6.54 Å². The fourth-order valence-corrected chi connectivity index (χ4v) is 3.75. The first-order valence-electron chi connectivity index (χ1n) is 7.69. The number of piperidine rings is 1. The smallest absolute Gasteiger partial charge is 0.0724 e. The molecule has 3 nitrogen and oxygen atoms in total. The first kappa shape index (κ1) is 14.3. The standard InChI is InChI=1S/C15H30N2O/c1-4-7-15(8-5-9-16-15)12-17-10-6-13(2)14(11-17)18-3/h13-14,16H,4-12H2,1-3H3. The molecule has 3 unspecified atom stereocenters. The fourth-order valence-electron chi connectivity index (χ4n) is 3.75. The van der Waals surface area contributed by atoms with Gasteiger partial charge in [-0.3, -0.25) is 4.90 Å². The van der Waals surface area contributed by atoms with Gasteiger partial charge in [-0.25, -0.2) is 0 Å². The van der Waals surface area contributed by atoms with Gasteiger partial charge in [0.1, 0.15) is 0 Å². The van der Waals surface area contributed by atoms with E-state index in [2.05, 4.69) is 24.1 Å². The molecule has 106 valence electrons. The molecule has 2 aliphatic rings. The maximum atomic E-state index is 5.63. The maximum absolute atomic E-state index is 5.63. The molecule has 0 bridgehead atoms. The van der Waals surface area contributed by atoms with E-state index in [1.807, 2.05) is 7.11 Å². The lowest BCUT2D eigenvalue weighted by molar-refractivity contribution is -0.0129. The van der Waals surface area contributed by atoms with Crippen molar-refractivity contribution < 1.29 is 4.74 Å². The first-order chi connectivity index (χ1) is 8.69. The van der Waals surface area contributed by atoms with Gasteiger partial charge < -0.3 is 10.1 Å². The van der Waals surface area contributed by atoms with Crippen LogP contribution in [0, 0.1) is 5.92 Å². The number of rotatable bonds is 5. The minimum atomic E-state index is 0.396. The highest BCUT2D eigenvalue weighted by molar-refractivity contribution is 4.96. The Morgan fingerprint density at radius 3 is 2.89 bits per heavy atom. The van der Waals surface area contributed by atoms with Crippen molar-refractivity contribution in [2.75, 3.05) is 33.3 Å². The molecule has 0 aliphatic carbocycles. The number of nitrogens with zero attached hydrogens (tertiary/aromatic N) is 1. The van der Waals surface area contributed by atoms with E-state index in [4.69, 9.17) is 4.74 Å². The molecule has 2 saturated heterocycles. The van der Waals surface area contributed by atoms with Crippen LogP contribution >= 0.6 is 0 Å². The van der Waals surface area contributed by atoms with Crippen molar-refractivity contribution in [2.24, 2.45) is 5.92 Å². The number of hydrogen-bond acceptors (Lipinski definition) is 3. The van der Waals surface area contributed by atoms with Gasteiger partial charge in [-0.1, -0.05) is 20.3 Å². The summed E-state index contributed by atoms with van der Waals surface area (Å²) < 4.78 is 5.63. The molecular formula is C15H30N2O. The van der Waals surface area contributed by atoms with Gasteiger partial charge in [-0.15, -0.1) is 0 Å². The summed E-state index contributed by atoms with van der Waals surface area (Å²) in [6.45, 7) is 9.41. The Bertz CT molecular complexity index is 251. The second-order valence-corrected chi connectivity index (χ2v) is 6.34. The molecule has 0 aromatic carbocycles. The van der Waals surface area contributed by atoms with Gasteiger partial charge in [-0.2, -0.15) is 0 Å². The summed E-state index contributed by atoms with van der Waals surface area (Å²) in [5.41, 5.74) is 0.396. The number of nitrogens with one attached hydrogen (secondary N) is 1. The van der Waals surface area contributed by atoms with Crippen molar-refractivity contribution in [1.82, 2.24) is 10.2 Å². The van der Waals surface area contributed by atoms with Crippen LogP contribution in [0.15, 0.2) is 0 Å². The van der Waals surface area contributed by atoms with Gasteiger partial charge >= 0.3 is 0 Å². The van der Waals surface area contributed by atoms with Gasteiger partial charge in [0.25, 0.3) is 0 Å². The van der Waals surface area contributed by atoms with Gasteiger partial charge in [0.2, 0.25) is 0 Å².